The van der Waals surface area contributed by atoms with E-state index in [-0.39, 0.29) is 5.91 Å². The highest BCUT2D eigenvalue weighted by Crippen LogP contribution is 2.18. The fourth-order valence-electron chi connectivity index (χ4n) is 2.12. The van der Waals surface area contributed by atoms with Gasteiger partial charge in [-0.05, 0) is 42.1 Å². The van der Waals surface area contributed by atoms with Crippen molar-refractivity contribution in [3.63, 3.8) is 0 Å². The monoisotopic (exact) mass is 285 g/mol. The van der Waals surface area contributed by atoms with E-state index >= 15 is 0 Å². The lowest BCUT2D eigenvalue weighted by Gasteiger charge is -2.01. The number of nitrogens with one attached hydrogen (secondary N) is 2. The molecule has 1 aromatic carbocycles. The zero-order valence-electron chi connectivity index (χ0n) is 10.8. The molecule has 0 fully saturated rings. The number of rotatable bonds is 4. The van der Waals surface area contributed by atoms with E-state index in [2.05, 4.69) is 16.4 Å². The van der Waals surface area contributed by atoms with Crippen LogP contribution < -0.4 is 11.1 Å². The number of aromatic amines is 1. The van der Waals surface area contributed by atoms with Gasteiger partial charge in [-0.25, -0.2) is 0 Å². The first-order valence-corrected chi connectivity index (χ1v) is 7.29. The van der Waals surface area contributed by atoms with Crippen molar-refractivity contribution in [2.75, 3.05) is 12.3 Å². The molecule has 4 nitrogen and oxygen atoms in total. The molecule has 0 bridgehead atoms. The Kier molecular flexibility index (Phi) is 3.43. The van der Waals surface area contributed by atoms with E-state index in [9.17, 15) is 4.79 Å². The van der Waals surface area contributed by atoms with Gasteiger partial charge in [-0.15, -0.1) is 11.3 Å². The number of nitrogens with two attached hydrogens (primary N) is 1. The third-order valence-electron chi connectivity index (χ3n) is 3.13. The van der Waals surface area contributed by atoms with Crippen LogP contribution >= 0.6 is 11.3 Å². The van der Waals surface area contributed by atoms with Gasteiger partial charge in [-0.1, -0.05) is 6.07 Å². The van der Waals surface area contributed by atoms with E-state index in [0.29, 0.717) is 17.9 Å². The Balaban J connectivity index is 1.66. The number of H-pyrrole nitrogens is 1. The molecule has 2 heterocycles. The van der Waals surface area contributed by atoms with Crippen LogP contribution in [-0.4, -0.2) is 17.4 Å². The quantitative estimate of drug-likeness (QED) is 0.645. The summed E-state index contributed by atoms with van der Waals surface area (Å²) in [6.07, 6.45) is 0.858. The summed E-state index contributed by atoms with van der Waals surface area (Å²) in [7, 11) is 0. The first-order chi connectivity index (χ1) is 9.72. The minimum atomic E-state index is -0.0867. The maximum atomic E-state index is 12.1. The van der Waals surface area contributed by atoms with Crippen molar-refractivity contribution >= 4 is 33.8 Å². The van der Waals surface area contributed by atoms with Crippen molar-refractivity contribution in [2.24, 2.45) is 0 Å². The lowest BCUT2D eigenvalue weighted by atomic mass is 10.2. The molecule has 5 heteroatoms. The molecule has 3 aromatic rings. The summed E-state index contributed by atoms with van der Waals surface area (Å²) in [5, 5.41) is 5.91. The van der Waals surface area contributed by atoms with Gasteiger partial charge in [0, 0.05) is 28.0 Å². The molecule has 102 valence electrons. The predicted molar refractivity (Wildman–Crippen MR) is 83.1 cm³/mol. The second-order valence-corrected chi connectivity index (χ2v) is 5.65. The molecule has 0 saturated carbocycles. The lowest BCUT2D eigenvalue weighted by molar-refractivity contribution is 0.0950. The molecule has 1 amide bonds. The van der Waals surface area contributed by atoms with Crippen LogP contribution in [0.2, 0.25) is 0 Å². The molecule has 0 unspecified atom stereocenters. The summed E-state index contributed by atoms with van der Waals surface area (Å²) in [4.78, 5) is 16.4. The van der Waals surface area contributed by atoms with Gasteiger partial charge < -0.3 is 16.0 Å². The van der Waals surface area contributed by atoms with Crippen LogP contribution in [0.4, 0.5) is 5.69 Å². The summed E-state index contributed by atoms with van der Waals surface area (Å²) in [5.41, 5.74) is 7.91. The lowest BCUT2D eigenvalue weighted by Crippen LogP contribution is -2.25. The number of aromatic nitrogens is 1. The number of nitrogen functional groups attached to an aromatic ring is 1. The molecule has 0 atom stereocenters. The van der Waals surface area contributed by atoms with Crippen LogP contribution in [0.5, 0.6) is 0 Å². The van der Waals surface area contributed by atoms with E-state index in [1.807, 2.05) is 35.7 Å². The van der Waals surface area contributed by atoms with Crippen LogP contribution in [0.3, 0.4) is 0 Å². The molecule has 0 spiro atoms. The van der Waals surface area contributed by atoms with Crippen molar-refractivity contribution < 1.29 is 4.79 Å². The van der Waals surface area contributed by atoms with Gasteiger partial charge in [0.05, 0.1) is 0 Å². The topological polar surface area (TPSA) is 70.9 Å². The van der Waals surface area contributed by atoms with Crippen LogP contribution in [0.15, 0.2) is 41.8 Å². The molecule has 3 rings (SSSR count). The zero-order chi connectivity index (χ0) is 13.9. The first-order valence-electron chi connectivity index (χ1n) is 6.41. The number of carbonyl (C=O) groups is 1. The van der Waals surface area contributed by atoms with Crippen molar-refractivity contribution in [2.45, 2.75) is 6.42 Å². The van der Waals surface area contributed by atoms with Crippen molar-refractivity contribution in [1.82, 2.24) is 10.3 Å². The summed E-state index contributed by atoms with van der Waals surface area (Å²) in [6, 6.07) is 11.5. The number of fused-ring (bicyclic) bond motifs is 1. The number of thiophene rings is 1. The SMILES string of the molecule is Nc1ccc2[nH]c(C(=O)NCCc3cccs3)cc2c1. The van der Waals surface area contributed by atoms with Gasteiger partial charge >= 0.3 is 0 Å². The van der Waals surface area contributed by atoms with Crippen molar-refractivity contribution in [1.29, 1.82) is 0 Å². The molecular weight excluding hydrogens is 270 g/mol. The third-order valence-corrected chi connectivity index (χ3v) is 4.06. The first kappa shape index (κ1) is 12.7. The highest BCUT2D eigenvalue weighted by molar-refractivity contribution is 7.09. The number of carbonyl (C=O) groups excluding carboxylic acids is 1. The standard InChI is InChI=1S/C15H15N3OS/c16-11-3-4-13-10(8-11)9-14(18-13)15(19)17-6-5-12-2-1-7-20-12/h1-4,7-9,18H,5-6,16H2,(H,17,19). The fourth-order valence-corrected chi connectivity index (χ4v) is 2.83. The third kappa shape index (κ3) is 2.67. The van der Waals surface area contributed by atoms with Gasteiger partial charge in [-0.3, -0.25) is 4.79 Å². The molecule has 0 aliphatic heterocycles. The zero-order valence-corrected chi connectivity index (χ0v) is 11.7. The van der Waals surface area contributed by atoms with Crippen LogP contribution in [0.1, 0.15) is 15.4 Å². The highest BCUT2D eigenvalue weighted by Gasteiger charge is 2.09. The number of benzene rings is 1. The molecule has 20 heavy (non-hydrogen) atoms. The average Bonchev–Trinajstić information content (AvgIpc) is 3.06. The molecule has 4 N–H and O–H groups in total. The maximum absolute atomic E-state index is 12.1. The van der Waals surface area contributed by atoms with Crippen LogP contribution in [0, 0.1) is 0 Å². The molecule has 0 saturated heterocycles. The van der Waals surface area contributed by atoms with E-state index in [1.165, 1.54) is 4.88 Å². The van der Waals surface area contributed by atoms with Crippen molar-refractivity contribution in [3.8, 4) is 0 Å². The second-order valence-electron chi connectivity index (χ2n) is 4.61. The Morgan fingerprint density at radius 2 is 2.20 bits per heavy atom. The van der Waals surface area contributed by atoms with Crippen LogP contribution in [0.25, 0.3) is 10.9 Å². The van der Waals surface area contributed by atoms with E-state index in [0.717, 1.165) is 17.3 Å². The Morgan fingerprint density at radius 1 is 1.30 bits per heavy atom. The second kappa shape index (κ2) is 5.38. The summed E-state index contributed by atoms with van der Waals surface area (Å²) in [6.45, 7) is 0.636. The van der Waals surface area contributed by atoms with Gasteiger partial charge in [0.1, 0.15) is 5.69 Å². The molecule has 0 aliphatic carbocycles. The molecule has 2 aromatic heterocycles. The van der Waals surface area contributed by atoms with E-state index in [1.54, 1.807) is 11.3 Å². The fraction of sp³-hybridized carbons (Fsp3) is 0.133. The van der Waals surface area contributed by atoms with Gasteiger partial charge in [-0.2, -0.15) is 0 Å². The molecule has 0 radical (unpaired) electrons. The molecular formula is C15H15N3OS. The van der Waals surface area contributed by atoms with Crippen molar-refractivity contribution in [3.05, 3.63) is 52.3 Å². The normalized spacial score (nSPS) is 10.8. The maximum Gasteiger partial charge on any atom is 0.267 e. The predicted octanol–water partition coefficient (Wildman–Crippen LogP) is 2.78. The number of amides is 1. The Morgan fingerprint density at radius 3 is 3.00 bits per heavy atom. The Bertz CT molecular complexity index is 731. The van der Waals surface area contributed by atoms with E-state index in [4.69, 9.17) is 5.73 Å². The summed E-state index contributed by atoms with van der Waals surface area (Å²) in [5.74, 6) is -0.0867. The van der Waals surface area contributed by atoms with Crippen LogP contribution in [-0.2, 0) is 6.42 Å². The number of hydrogen-bond donors (Lipinski definition) is 3. The van der Waals surface area contributed by atoms with Gasteiger partial charge in [0.2, 0.25) is 0 Å². The smallest absolute Gasteiger partial charge is 0.267 e. The summed E-state index contributed by atoms with van der Waals surface area (Å²) >= 11 is 1.70. The minimum absolute atomic E-state index is 0.0867. The number of hydrogen-bond acceptors (Lipinski definition) is 3. The van der Waals surface area contributed by atoms with E-state index < -0.39 is 0 Å². The highest BCUT2D eigenvalue weighted by atomic mass is 32.1. The Hall–Kier alpha value is -2.27. The van der Waals surface area contributed by atoms with Gasteiger partial charge in [0.15, 0.2) is 0 Å². The summed E-state index contributed by atoms with van der Waals surface area (Å²) < 4.78 is 0. The Labute approximate surface area is 120 Å². The largest absolute Gasteiger partial charge is 0.399 e. The van der Waals surface area contributed by atoms with Gasteiger partial charge in [0.25, 0.3) is 5.91 Å². The minimum Gasteiger partial charge on any atom is -0.399 e. The average molecular weight is 285 g/mol. The molecule has 0 aliphatic rings. The number of anilines is 1.